The van der Waals surface area contributed by atoms with Crippen LogP contribution in [0.5, 0.6) is 0 Å². The first-order valence-corrected chi connectivity index (χ1v) is 5.92. The Morgan fingerprint density at radius 3 is 2.32 bits per heavy atom. The Morgan fingerprint density at radius 1 is 1.26 bits per heavy atom. The molecular formula is C11H16N2O6. The first-order valence-electron chi connectivity index (χ1n) is 5.92. The number of aliphatic hydroxyl groups is 1. The van der Waals surface area contributed by atoms with E-state index in [-0.39, 0.29) is 50.6 Å². The Labute approximate surface area is 109 Å². The predicted molar refractivity (Wildman–Crippen MR) is 61.8 cm³/mol. The van der Waals surface area contributed by atoms with Crippen LogP contribution >= 0.6 is 0 Å². The lowest BCUT2D eigenvalue weighted by atomic mass is 10.2. The first-order chi connectivity index (χ1) is 8.95. The lowest BCUT2D eigenvalue weighted by molar-refractivity contribution is -0.143. The summed E-state index contributed by atoms with van der Waals surface area (Å²) < 4.78 is 0. The standard InChI is InChI=1S/C11H16N2O6/c14-6-4-7(11(18)19)12-8(15)3-5-13-9(16)1-2-10(13)17/h7,14H,1-6H2,(H,12,15)(H,18,19)/t7-/m1/s1. The molecule has 0 saturated carbocycles. The van der Waals surface area contributed by atoms with Crippen molar-refractivity contribution in [3.63, 3.8) is 0 Å². The highest BCUT2D eigenvalue weighted by atomic mass is 16.4. The summed E-state index contributed by atoms with van der Waals surface area (Å²) in [5, 5.41) is 19.7. The molecule has 1 heterocycles. The van der Waals surface area contributed by atoms with Crippen LogP contribution in [-0.2, 0) is 19.2 Å². The predicted octanol–water partition coefficient (Wildman–Crippen LogP) is -1.52. The highest BCUT2D eigenvalue weighted by molar-refractivity contribution is 6.02. The van der Waals surface area contributed by atoms with Crippen molar-refractivity contribution in [3.05, 3.63) is 0 Å². The summed E-state index contributed by atoms with van der Waals surface area (Å²) in [6, 6.07) is -1.16. The van der Waals surface area contributed by atoms with E-state index in [0.717, 1.165) is 4.90 Å². The third kappa shape index (κ3) is 4.32. The molecule has 1 aliphatic heterocycles. The van der Waals surface area contributed by atoms with Crippen LogP contribution in [-0.4, -0.2) is 58.0 Å². The molecule has 1 atom stereocenters. The second-order valence-electron chi connectivity index (χ2n) is 4.16. The number of aliphatic hydroxyl groups excluding tert-OH is 1. The zero-order valence-electron chi connectivity index (χ0n) is 10.3. The third-order valence-electron chi connectivity index (χ3n) is 2.77. The SMILES string of the molecule is O=C(CCN1C(=O)CCC1=O)N[C@H](CCO)C(=O)O. The van der Waals surface area contributed by atoms with E-state index in [0.29, 0.717) is 0 Å². The number of carboxylic acids is 1. The fourth-order valence-corrected chi connectivity index (χ4v) is 1.74. The van der Waals surface area contributed by atoms with Crippen molar-refractivity contribution in [2.45, 2.75) is 31.7 Å². The smallest absolute Gasteiger partial charge is 0.326 e. The molecule has 0 aliphatic carbocycles. The third-order valence-corrected chi connectivity index (χ3v) is 2.77. The summed E-state index contributed by atoms with van der Waals surface area (Å²) in [5.41, 5.74) is 0. The fraction of sp³-hybridized carbons (Fsp3) is 0.636. The molecule has 1 aliphatic rings. The molecule has 3 N–H and O–H groups in total. The Morgan fingerprint density at radius 2 is 1.84 bits per heavy atom. The Balaban J connectivity index is 2.40. The van der Waals surface area contributed by atoms with Crippen LogP contribution in [0.25, 0.3) is 0 Å². The number of hydrogen-bond donors (Lipinski definition) is 3. The van der Waals surface area contributed by atoms with E-state index in [2.05, 4.69) is 5.32 Å². The second-order valence-corrected chi connectivity index (χ2v) is 4.16. The van der Waals surface area contributed by atoms with Crippen molar-refractivity contribution in [3.8, 4) is 0 Å². The van der Waals surface area contributed by atoms with E-state index in [1.54, 1.807) is 0 Å². The van der Waals surface area contributed by atoms with Crippen LogP contribution < -0.4 is 5.32 Å². The fourth-order valence-electron chi connectivity index (χ4n) is 1.74. The number of hydrogen-bond acceptors (Lipinski definition) is 5. The van der Waals surface area contributed by atoms with E-state index in [4.69, 9.17) is 10.2 Å². The molecule has 1 fully saturated rings. The van der Waals surface area contributed by atoms with Gasteiger partial charge in [0, 0.05) is 38.8 Å². The summed E-state index contributed by atoms with van der Waals surface area (Å²) in [7, 11) is 0. The van der Waals surface area contributed by atoms with E-state index in [1.807, 2.05) is 0 Å². The highest BCUT2D eigenvalue weighted by Gasteiger charge is 2.29. The number of aliphatic carboxylic acids is 1. The van der Waals surface area contributed by atoms with Gasteiger partial charge in [-0.15, -0.1) is 0 Å². The van der Waals surface area contributed by atoms with Crippen LogP contribution in [0.3, 0.4) is 0 Å². The zero-order chi connectivity index (χ0) is 14.4. The molecule has 0 aromatic rings. The van der Waals surface area contributed by atoms with Crippen molar-refractivity contribution in [1.82, 2.24) is 10.2 Å². The van der Waals surface area contributed by atoms with Crippen molar-refractivity contribution in [1.29, 1.82) is 0 Å². The number of nitrogens with one attached hydrogen (secondary N) is 1. The molecule has 3 amide bonds. The van der Waals surface area contributed by atoms with Crippen molar-refractivity contribution < 1.29 is 29.4 Å². The zero-order valence-corrected chi connectivity index (χ0v) is 10.3. The summed E-state index contributed by atoms with van der Waals surface area (Å²) in [4.78, 5) is 45.8. The first kappa shape index (κ1) is 15.1. The monoisotopic (exact) mass is 272 g/mol. The van der Waals surface area contributed by atoms with Crippen LogP contribution in [0.4, 0.5) is 0 Å². The van der Waals surface area contributed by atoms with Crippen LogP contribution in [0.15, 0.2) is 0 Å². The Kier molecular flexibility index (Phi) is 5.43. The van der Waals surface area contributed by atoms with Gasteiger partial charge in [0.25, 0.3) is 0 Å². The average molecular weight is 272 g/mol. The molecule has 0 radical (unpaired) electrons. The maximum absolute atomic E-state index is 11.5. The van der Waals surface area contributed by atoms with Crippen molar-refractivity contribution >= 4 is 23.7 Å². The molecule has 0 bridgehead atoms. The maximum atomic E-state index is 11.5. The van der Waals surface area contributed by atoms with Gasteiger partial charge in [-0.05, 0) is 0 Å². The summed E-state index contributed by atoms with van der Waals surface area (Å²) in [5.74, 6) is -2.45. The van der Waals surface area contributed by atoms with Gasteiger partial charge < -0.3 is 15.5 Å². The normalized spacial score (nSPS) is 16.6. The van der Waals surface area contributed by atoms with Gasteiger partial charge in [-0.2, -0.15) is 0 Å². The molecule has 19 heavy (non-hydrogen) atoms. The molecule has 0 aromatic heterocycles. The van der Waals surface area contributed by atoms with Gasteiger partial charge in [0.2, 0.25) is 17.7 Å². The van der Waals surface area contributed by atoms with Gasteiger partial charge in [-0.25, -0.2) is 4.79 Å². The minimum absolute atomic E-state index is 0.0467. The number of nitrogens with zero attached hydrogens (tertiary/aromatic N) is 1. The van der Waals surface area contributed by atoms with Gasteiger partial charge in [-0.3, -0.25) is 19.3 Å². The van der Waals surface area contributed by atoms with Gasteiger partial charge in [0.15, 0.2) is 0 Å². The average Bonchev–Trinajstić information content (AvgIpc) is 2.66. The number of carboxylic acid groups (broad SMARTS) is 1. The van der Waals surface area contributed by atoms with E-state index in [1.165, 1.54) is 0 Å². The molecule has 0 unspecified atom stereocenters. The van der Waals surface area contributed by atoms with Crippen molar-refractivity contribution in [2.24, 2.45) is 0 Å². The minimum Gasteiger partial charge on any atom is -0.480 e. The number of carbonyl (C=O) groups is 4. The van der Waals surface area contributed by atoms with E-state index in [9.17, 15) is 19.2 Å². The lowest BCUT2D eigenvalue weighted by Crippen LogP contribution is -2.43. The molecule has 8 nitrogen and oxygen atoms in total. The molecule has 0 aromatic carbocycles. The summed E-state index contributed by atoms with van der Waals surface area (Å²) in [6.07, 6.45) is 0.0702. The number of likely N-dealkylation sites (tertiary alicyclic amines) is 1. The Bertz CT molecular complexity index is 379. The number of rotatable bonds is 7. The Hall–Kier alpha value is -1.96. The topological polar surface area (TPSA) is 124 Å². The molecule has 1 saturated heterocycles. The molecule has 0 spiro atoms. The largest absolute Gasteiger partial charge is 0.480 e. The van der Waals surface area contributed by atoms with Gasteiger partial charge in [0.1, 0.15) is 6.04 Å². The van der Waals surface area contributed by atoms with Crippen molar-refractivity contribution in [2.75, 3.05) is 13.2 Å². The number of carbonyl (C=O) groups excluding carboxylic acids is 3. The number of amides is 3. The molecule has 1 rings (SSSR count). The van der Waals surface area contributed by atoms with Crippen LogP contribution in [0, 0.1) is 0 Å². The van der Waals surface area contributed by atoms with Crippen LogP contribution in [0.2, 0.25) is 0 Å². The van der Waals surface area contributed by atoms with Gasteiger partial charge >= 0.3 is 5.97 Å². The molecular weight excluding hydrogens is 256 g/mol. The maximum Gasteiger partial charge on any atom is 0.326 e. The second kappa shape index (κ2) is 6.83. The molecule has 106 valence electrons. The quantitative estimate of drug-likeness (QED) is 0.483. The van der Waals surface area contributed by atoms with E-state index >= 15 is 0 Å². The van der Waals surface area contributed by atoms with Gasteiger partial charge in [-0.1, -0.05) is 0 Å². The highest BCUT2D eigenvalue weighted by Crippen LogP contribution is 2.11. The van der Waals surface area contributed by atoms with E-state index < -0.39 is 17.9 Å². The van der Waals surface area contributed by atoms with Gasteiger partial charge in [0.05, 0.1) is 0 Å². The molecule has 8 heteroatoms. The number of imide groups is 1. The summed E-state index contributed by atoms with van der Waals surface area (Å²) in [6.45, 7) is -0.407. The minimum atomic E-state index is -1.24. The lowest BCUT2D eigenvalue weighted by Gasteiger charge is -2.16. The summed E-state index contributed by atoms with van der Waals surface area (Å²) >= 11 is 0. The van der Waals surface area contributed by atoms with Crippen LogP contribution in [0.1, 0.15) is 25.7 Å².